The zero-order chi connectivity index (χ0) is 16.9. The second-order valence-corrected chi connectivity index (χ2v) is 6.52. The molecule has 124 valence electrons. The fraction of sp³-hybridized carbons (Fsp3) is 0.688. The molecule has 22 heavy (non-hydrogen) atoms. The maximum atomic E-state index is 12.2. The molecule has 1 aliphatic rings. The van der Waals surface area contributed by atoms with E-state index in [-0.39, 0.29) is 11.7 Å². The number of methoxy groups -OCH3 is 1. The van der Waals surface area contributed by atoms with Crippen LogP contribution in [-0.4, -0.2) is 48.0 Å². The summed E-state index contributed by atoms with van der Waals surface area (Å²) >= 11 is 0. The molecular formula is C16H25NO5. The predicted octanol–water partition coefficient (Wildman–Crippen LogP) is 2.32. The minimum atomic E-state index is -0.629. The summed E-state index contributed by atoms with van der Waals surface area (Å²) in [5, 5.41) is 0. The first-order valence-corrected chi connectivity index (χ1v) is 7.38. The second-order valence-electron chi connectivity index (χ2n) is 6.52. The summed E-state index contributed by atoms with van der Waals surface area (Å²) in [6.45, 7) is 7.23. The van der Waals surface area contributed by atoms with Crippen molar-refractivity contribution in [1.29, 1.82) is 0 Å². The van der Waals surface area contributed by atoms with Gasteiger partial charge in [0.25, 0.3) is 0 Å². The van der Waals surface area contributed by atoms with Gasteiger partial charge in [0.15, 0.2) is 5.78 Å². The molecule has 0 aliphatic carbocycles. The molecule has 0 saturated carbocycles. The van der Waals surface area contributed by atoms with Gasteiger partial charge in [-0.25, -0.2) is 9.59 Å². The molecule has 0 spiro atoms. The van der Waals surface area contributed by atoms with Crippen LogP contribution in [0, 0.1) is 5.92 Å². The SMILES string of the molecule is COC(=O)C1CC(C/C=C/C(C)=O)CN1C(=O)OC(C)(C)C. The zero-order valence-corrected chi connectivity index (χ0v) is 13.9. The number of carbonyl (C=O) groups is 3. The van der Waals surface area contributed by atoms with Gasteiger partial charge in [-0.15, -0.1) is 0 Å². The highest BCUT2D eigenvalue weighted by molar-refractivity contribution is 5.87. The molecule has 0 aromatic carbocycles. The highest BCUT2D eigenvalue weighted by Gasteiger charge is 2.41. The number of likely N-dealkylation sites (tertiary alicyclic amines) is 1. The van der Waals surface area contributed by atoms with Crippen molar-refractivity contribution in [1.82, 2.24) is 4.90 Å². The van der Waals surface area contributed by atoms with Gasteiger partial charge in [0.1, 0.15) is 11.6 Å². The van der Waals surface area contributed by atoms with Crippen LogP contribution in [0.25, 0.3) is 0 Å². The smallest absolute Gasteiger partial charge is 0.411 e. The Kier molecular flexibility index (Phi) is 6.14. The Morgan fingerprint density at radius 3 is 2.41 bits per heavy atom. The largest absolute Gasteiger partial charge is 0.467 e. The standard InChI is InChI=1S/C16H25NO5/c1-11(18)7-6-8-12-9-13(14(19)21-5)17(10-12)15(20)22-16(2,3)4/h6-7,12-13H,8-10H2,1-5H3/b7-6+. The van der Waals surface area contributed by atoms with Crippen LogP contribution in [-0.2, 0) is 19.1 Å². The molecule has 6 heteroatoms. The van der Waals surface area contributed by atoms with Gasteiger partial charge < -0.3 is 9.47 Å². The van der Waals surface area contributed by atoms with E-state index in [1.165, 1.54) is 25.0 Å². The summed E-state index contributed by atoms with van der Waals surface area (Å²) in [6, 6.07) is -0.629. The molecule has 1 rings (SSSR count). The highest BCUT2D eigenvalue weighted by atomic mass is 16.6. The number of nitrogens with zero attached hydrogens (tertiary/aromatic N) is 1. The monoisotopic (exact) mass is 311 g/mol. The van der Waals surface area contributed by atoms with Crippen molar-refractivity contribution in [3.63, 3.8) is 0 Å². The van der Waals surface area contributed by atoms with Crippen LogP contribution >= 0.6 is 0 Å². The second kappa shape index (κ2) is 7.42. The highest BCUT2D eigenvalue weighted by Crippen LogP contribution is 2.28. The van der Waals surface area contributed by atoms with Gasteiger partial charge in [-0.3, -0.25) is 9.69 Å². The molecule has 0 aromatic rings. The number of hydrogen-bond donors (Lipinski definition) is 0. The van der Waals surface area contributed by atoms with Gasteiger partial charge in [0.2, 0.25) is 0 Å². The lowest BCUT2D eigenvalue weighted by molar-refractivity contribution is -0.145. The summed E-state index contributed by atoms with van der Waals surface area (Å²) in [5.41, 5.74) is -0.621. The predicted molar refractivity (Wildman–Crippen MR) is 81.3 cm³/mol. The molecule has 6 nitrogen and oxygen atoms in total. The van der Waals surface area contributed by atoms with Gasteiger partial charge in [-0.2, -0.15) is 0 Å². The molecule has 1 aliphatic heterocycles. The van der Waals surface area contributed by atoms with E-state index >= 15 is 0 Å². The molecular weight excluding hydrogens is 286 g/mol. The van der Waals surface area contributed by atoms with E-state index in [0.29, 0.717) is 19.4 Å². The van der Waals surface area contributed by atoms with Crippen LogP contribution in [0.1, 0.15) is 40.5 Å². The van der Waals surface area contributed by atoms with Gasteiger partial charge in [-0.1, -0.05) is 6.08 Å². The van der Waals surface area contributed by atoms with Crippen molar-refractivity contribution in [3.8, 4) is 0 Å². The molecule has 0 aromatic heterocycles. The Hall–Kier alpha value is -1.85. The first-order chi connectivity index (χ1) is 10.1. The van der Waals surface area contributed by atoms with Crippen LogP contribution in [0.15, 0.2) is 12.2 Å². The topological polar surface area (TPSA) is 72.9 Å². The van der Waals surface area contributed by atoms with Crippen molar-refractivity contribution in [3.05, 3.63) is 12.2 Å². The van der Waals surface area contributed by atoms with E-state index in [1.54, 1.807) is 26.8 Å². The van der Waals surface area contributed by atoms with E-state index in [2.05, 4.69) is 0 Å². The van der Waals surface area contributed by atoms with E-state index in [0.717, 1.165) is 0 Å². The quantitative estimate of drug-likeness (QED) is 0.588. The van der Waals surface area contributed by atoms with Crippen molar-refractivity contribution in [2.75, 3.05) is 13.7 Å². The number of esters is 1. The molecule has 2 atom stereocenters. The number of amides is 1. The van der Waals surface area contributed by atoms with Crippen LogP contribution in [0.3, 0.4) is 0 Å². The minimum absolute atomic E-state index is 0.0217. The molecule has 1 saturated heterocycles. The van der Waals surface area contributed by atoms with Crippen molar-refractivity contribution in [2.24, 2.45) is 5.92 Å². The maximum absolute atomic E-state index is 12.2. The lowest BCUT2D eigenvalue weighted by atomic mass is 10.0. The Morgan fingerprint density at radius 1 is 1.27 bits per heavy atom. The lowest BCUT2D eigenvalue weighted by Gasteiger charge is -2.27. The lowest BCUT2D eigenvalue weighted by Crippen LogP contribution is -2.43. The summed E-state index contributed by atoms with van der Waals surface area (Å²) in [4.78, 5) is 36.5. The molecule has 1 amide bonds. The van der Waals surface area contributed by atoms with Crippen molar-refractivity contribution < 1.29 is 23.9 Å². The van der Waals surface area contributed by atoms with E-state index in [9.17, 15) is 14.4 Å². The molecule has 0 bridgehead atoms. The van der Waals surface area contributed by atoms with Crippen LogP contribution in [0.5, 0.6) is 0 Å². The Balaban J connectivity index is 2.77. The molecule has 0 N–H and O–H groups in total. The molecule has 0 radical (unpaired) electrons. The van der Waals surface area contributed by atoms with Crippen LogP contribution < -0.4 is 0 Å². The third kappa shape index (κ3) is 5.50. The molecule has 2 unspecified atom stereocenters. The fourth-order valence-electron chi connectivity index (χ4n) is 2.40. The number of carbonyl (C=O) groups excluding carboxylic acids is 3. The average molecular weight is 311 g/mol. The third-order valence-electron chi connectivity index (χ3n) is 3.31. The number of allylic oxidation sites excluding steroid dienone is 2. The number of ether oxygens (including phenoxy) is 2. The first-order valence-electron chi connectivity index (χ1n) is 7.38. The van der Waals surface area contributed by atoms with E-state index < -0.39 is 23.7 Å². The first kappa shape index (κ1) is 18.2. The van der Waals surface area contributed by atoms with Gasteiger partial charge in [-0.05, 0) is 52.5 Å². The van der Waals surface area contributed by atoms with Crippen molar-refractivity contribution in [2.45, 2.75) is 52.2 Å². The average Bonchev–Trinajstić information content (AvgIpc) is 2.79. The van der Waals surface area contributed by atoms with Crippen LogP contribution in [0.4, 0.5) is 4.79 Å². The number of hydrogen-bond acceptors (Lipinski definition) is 5. The maximum Gasteiger partial charge on any atom is 0.411 e. The zero-order valence-electron chi connectivity index (χ0n) is 13.9. The Labute approximate surface area is 131 Å². The van der Waals surface area contributed by atoms with Crippen molar-refractivity contribution >= 4 is 17.8 Å². The number of rotatable bonds is 4. The normalized spacial score (nSPS) is 22.0. The van der Waals surface area contributed by atoms with Crippen LogP contribution in [0.2, 0.25) is 0 Å². The van der Waals surface area contributed by atoms with E-state index in [4.69, 9.17) is 9.47 Å². The van der Waals surface area contributed by atoms with E-state index in [1.807, 2.05) is 0 Å². The summed E-state index contributed by atoms with van der Waals surface area (Å²) in [6.07, 6.45) is 3.91. The third-order valence-corrected chi connectivity index (χ3v) is 3.31. The minimum Gasteiger partial charge on any atom is -0.467 e. The summed E-state index contributed by atoms with van der Waals surface area (Å²) in [7, 11) is 1.30. The summed E-state index contributed by atoms with van der Waals surface area (Å²) < 4.78 is 10.1. The van der Waals surface area contributed by atoms with Gasteiger partial charge in [0.05, 0.1) is 7.11 Å². The van der Waals surface area contributed by atoms with Gasteiger partial charge in [0, 0.05) is 6.54 Å². The number of ketones is 1. The van der Waals surface area contributed by atoms with Gasteiger partial charge >= 0.3 is 12.1 Å². The Bertz CT molecular complexity index is 464. The Morgan fingerprint density at radius 2 is 1.91 bits per heavy atom. The molecule has 1 fully saturated rings. The summed E-state index contributed by atoms with van der Waals surface area (Å²) in [5.74, 6) is -0.359. The molecule has 1 heterocycles. The fourth-order valence-corrected chi connectivity index (χ4v) is 2.40.